The normalized spacial score (nSPS) is 18.9. The summed E-state index contributed by atoms with van der Waals surface area (Å²) in [5, 5.41) is 4.13. The maximum Gasteiger partial charge on any atom is 0.510 e. The molecule has 12 heteroatoms. The molecule has 1 N–H and O–H groups in total. The molecule has 2 aliphatic heterocycles. The number of ether oxygens (including phenoxy) is 5. The fraction of sp³-hybridized carbons (Fsp3) is 0.533. The van der Waals surface area contributed by atoms with E-state index in [1.54, 1.807) is 17.2 Å². The molecule has 2 aliphatic rings. The van der Waals surface area contributed by atoms with E-state index in [1.807, 2.05) is 0 Å². The molecule has 1 aromatic heterocycles. The number of morpholine rings is 1. The van der Waals surface area contributed by atoms with E-state index < -0.39 is 12.9 Å². The molecule has 0 unspecified atom stereocenters. The van der Waals surface area contributed by atoms with Gasteiger partial charge in [-0.3, -0.25) is 9.47 Å². The van der Waals surface area contributed by atoms with E-state index >= 15 is 0 Å². The highest BCUT2D eigenvalue weighted by molar-refractivity contribution is 5.96. The predicted octanol–water partition coefficient (Wildman–Crippen LogP) is -0.601. The van der Waals surface area contributed by atoms with Gasteiger partial charge in [-0.2, -0.15) is 0 Å². The SMILES string of the molecule is COCON=c1ccn2c(c1OCOC(=O)OC)C(=O)N1CCOC[C@H]1N2. The van der Waals surface area contributed by atoms with Gasteiger partial charge >= 0.3 is 6.16 Å². The first-order valence-corrected chi connectivity index (χ1v) is 8.05. The van der Waals surface area contributed by atoms with Gasteiger partial charge < -0.3 is 38.8 Å². The number of methoxy groups -OCH3 is 2. The molecule has 0 bridgehead atoms. The van der Waals surface area contributed by atoms with Crippen LogP contribution in [0.5, 0.6) is 5.75 Å². The lowest BCUT2D eigenvalue weighted by Gasteiger charge is -2.41. The zero-order chi connectivity index (χ0) is 19.2. The van der Waals surface area contributed by atoms with Gasteiger partial charge in [0.2, 0.25) is 13.6 Å². The maximum absolute atomic E-state index is 13.0. The number of hydrogen-bond donors (Lipinski definition) is 1. The second-order valence-corrected chi connectivity index (χ2v) is 5.45. The van der Waals surface area contributed by atoms with E-state index in [2.05, 4.69) is 15.3 Å². The van der Waals surface area contributed by atoms with Crippen LogP contribution in [0.25, 0.3) is 0 Å². The minimum atomic E-state index is -0.917. The summed E-state index contributed by atoms with van der Waals surface area (Å²) in [5.74, 6) is -0.196. The van der Waals surface area contributed by atoms with Gasteiger partial charge in [0.25, 0.3) is 5.91 Å². The number of nitrogens with one attached hydrogen (secondary N) is 1. The lowest BCUT2D eigenvalue weighted by atomic mass is 10.2. The van der Waals surface area contributed by atoms with Gasteiger partial charge in [-0.25, -0.2) is 4.79 Å². The van der Waals surface area contributed by atoms with Crippen molar-refractivity contribution in [2.45, 2.75) is 6.17 Å². The largest absolute Gasteiger partial charge is 0.510 e. The van der Waals surface area contributed by atoms with E-state index in [9.17, 15) is 9.59 Å². The molecule has 0 saturated carbocycles. The van der Waals surface area contributed by atoms with Crippen molar-refractivity contribution in [2.75, 3.05) is 53.0 Å². The summed E-state index contributed by atoms with van der Waals surface area (Å²) in [6.45, 7) is 0.669. The molecule has 12 nitrogen and oxygen atoms in total. The highest BCUT2D eigenvalue weighted by Crippen LogP contribution is 2.22. The minimum absolute atomic E-state index is 0.0833. The number of carbonyl (C=O) groups is 2. The molecule has 0 spiro atoms. The molecule has 3 rings (SSSR count). The first-order chi connectivity index (χ1) is 13.2. The third-order valence-corrected chi connectivity index (χ3v) is 3.83. The number of hydrogen-bond acceptors (Lipinski definition) is 10. The van der Waals surface area contributed by atoms with Gasteiger partial charge in [-0.15, -0.1) is 0 Å². The van der Waals surface area contributed by atoms with Crippen LogP contribution >= 0.6 is 0 Å². The van der Waals surface area contributed by atoms with Crippen LogP contribution in [0.3, 0.4) is 0 Å². The quantitative estimate of drug-likeness (QED) is 0.296. The van der Waals surface area contributed by atoms with Crippen molar-refractivity contribution < 1.29 is 38.1 Å². The van der Waals surface area contributed by atoms with E-state index in [0.717, 1.165) is 0 Å². The summed E-state index contributed by atoms with van der Waals surface area (Å²) in [7, 11) is 2.62. The van der Waals surface area contributed by atoms with Crippen LogP contribution in [0.1, 0.15) is 10.5 Å². The van der Waals surface area contributed by atoms with Gasteiger partial charge in [0.1, 0.15) is 11.5 Å². The first-order valence-electron chi connectivity index (χ1n) is 8.05. The molecule has 148 valence electrons. The van der Waals surface area contributed by atoms with Crippen LogP contribution in [0.15, 0.2) is 17.4 Å². The Morgan fingerprint density at radius 1 is 1.41 bits per heavy atom. The number of carbonyl (C=O) groups excluding carboxylic acids is 2. The zero-order valence-electron chi connectivity index (χ0n) is 14.9. The monoisotopic (exact) mass is 384 g/mol. The average Bonchev–Trinajstić information content (AvgIpc) is 2.69. The highest BCUT2D eigenvalue weighted by Gasteiger charge is 2.36. The molecule has 0 aromatic carbocycles. The number of pyridine rings is 1. The Bertz CT molecular complexity index is 765. The van der Waals surface area contributed by atoms with Crippen LogP contribution in [0.2, 0.25) is 0 Å². The van der Waals surface area contributed by atoms with E-state index in [4.69, 9.17) is 23.8 Å². The van der Waals surface area contributed by atoms with Crippen molar-refractivity contribution in [3.05, 3.63) is 23.3 Å². The third-order valence-electron chi connectivity index (χ3n) is 3.83. The van der Waals surface area contributed by atoms with Crippen LogP contribution < -0.4 is 15.5 Å². The lowest BCUT2D eigenvalue weighted by molar-refractivity contribution is -0.0340. The van der Waals surface area contributed by atoms with Crippen molar-refractivity contribution in [2.24, 2.45) is 5.16 Å². The molecule has 1 amide bonds. The Kier molecular flexibility index (Phi) is 5.98. The van der Waals surface area contributed by atoms with Crippen molar-refractivity contribution in [3.8, 4) is 5.75 Å². The van der Waals surface area contributed by atoms with Crippen molar-refractivity contribution >= 4 is 12.1 Å². The van der Waals surface area contributed by atoms with Crippen molar-refractivity contribution in [3.63, 3.8) is 0 Å². The summed E-state index contributed by atoms with van der Waals surface area (Å²) in [5.41, 5.74) is 3.34. The number of nitrogens with zero attached hydrogens (tertiary/aromatic N) is 3. The van der Waals surface area contributed by atoms with Crippen molar-refractivity contribution in [1.29, 1.82) is 0 Å². The molecule has 1 aromatic rings. The number of amides is 1. The fourth-order valence-electron chi connectivity index (χ4n) is 2.64. The Morgan fingerprint density at radius 3 is 3.04 bits per heavy atom. The van der Waals surface area contributed by atoms with Crippen LogP contribution in [0.4, 0.5) is 4.79 Å². The van der Waals surface area contributed by atoms with E-state index in [1.165, 1.54) is 18.9 Å². The standard InChI is InChI=1S/C15H20N4O8/c1-22-8-27-17-10-3-4-19-12(13(10)25-9-26-15(21)23-2)14(20)18-5-6-24-7-11(18)16-19/h3-4,11,16H,5-9H2,1-2H3/t11-/m0/s1. The Labute approximate surface area is 154 Å². The molecule has 1 saturated heterocycles. The van der Waals surface area contributed by atoms with Crippen molar-refractivity contribution in [1.82, 2.24) is 9.58 Å². The molecular formula is C15H20N4O8. The van der Waals surface area contributed by atoms with E-state index in [0.29, 0.717) is 19.8 Å². The Balaban J connectivity index is 1.94. The average molecular weight is 384 g/mol. The summed E-state index contributed by atoms with van der Waals surface area (Å²) in [4.78, 5) is 30.8. The predicted molar refractivity (Wildman–Crippen MR) is 86.9 cm³/mol. The maximum atomic E-state index is 13.0. The second kappa shape index (κ2) is 8.60. The molecule has 3 heterocycles. The number of aromatic nitrogens is 1. The topological polar surface area (TPSA) is 122 Å². The summed E-state index contributed by atoms with van der Waals surface area (Å²) in [6, 6.07) is 1.58. The highest BCUT2D eigenvalue weighted by atomic mass is 16.8. The molecular weight excluding hydrogens is 364 g/mol. The van der Waals surface area contributed by atoms with E-state index in [-0.39, 0.29) is 35.7 Å². The van der Waals surface area contributed by atoms with Crippen LogP contribution in [-0.2, 0) is 23.8 Å². The second-order valence-electron chi connectivity index (χ2n) is 5.45. The lowest BCUT2D eigenvalue weighted by Crippen LogP contribution is -2.59. The number of rotatable bonds is 6. The van der Waals surface area contributed by atoms with Crippen LogP contribution in [0, 0.1) is 0 Å². The molecule has 27 heavy (non-hydrogen) atoms. The molecule has 0 aliphatic carbocycles. The minimum Gasteiger partial charge on any atom is -0.452 e. The molecule has 1 atom stereocenters. The molecule has 1 fully saturated rings. The van der Waals surface area contributed by atoms with Gasteiger partial charge in [-0.05, 0) is 6.07 Å². The van der Waals surface area contributed by atoms with Gasteiger partial charge in [-0.1, -0.05) is 5.16 Å². The third kappa shape index (κ3) is 4.06. The molecule has 0 radical (unpaired) electrons. The smallest absolute Gasteiger partial charge is 0.452 e. The van der Waals surface area contributed by atoms with Gasteiger partial charge in [0.15, 0.2) is 11.4 Å². The van der Waals surface area contributed by atoms with Crippen LogP contribution in [-0.4, -0.2) is 75.4 Å². The summed E-state index contributed by atoms with van der Waals surface area (Å²) >= 11 is 0. The van der Waals surface area contributed by atoms with Gasteiger partial charge in [0.05, 0.1) is 20.3 Å². The fourth-order valence-corrected chi connectivity index (χ4v) is 2.64. The number of fused-ring (bicyclic) bond motifs is 2. The Hall–Kier alpha value is -2.99. The zero-order valence-corrected chi connectivity index (χ0v) is 14.9. The van der Waals surface area contributed by atoms with Gasteiger partial charge in [0, 0.05) is 19.9 Å². The summed E-state index contributed by atoms with van der Waals surface area (Å²) in [6.07, 6.45) is 0.400. The Morgan fingerprint density at radius 2 is 2.26 bits per heavy atom. The summed E-state index contributed by atoms with van der Waals surface area (Å²) < 4.78 is 26.3. The first kappa shape index (κ1) is 18.8.